The number of amides is 1. The van der Waals surface area contributed by atoms with Crippen LogP contribution in [-0.4, -0.2) is 40.0 Å². The zero-order valence-electron chi connectivity index (χ0n) is 13.4. The first-order valence-electron chi connectivity index (χ1n) is 8.15. The molecule has 1 saturated heterocycles. The fourth-order valence-electron chi connectivity index (χ4n) is 3.03. The second kappa shape index (κ2) is 6.64. The number of aromatic amines is 1. The molecule has 1 aliphatic rings. The topological polar surface area (TPSA) is 91.0 Å². The Morgan fingerprint density at radius 3 is 3.08 bits per heavy atom. The lowest BCUT2D eigenvalue weighted by Gasteiger charge is -2.32. The summed E-state index contributed by atoms with van der Waals surface area (Å²) < 4.78 is 1.16. The number of fused-ring (bicyclic) bond motifs is 1. The zero-order chi connectivity index (χ0) is 17.2. The SMILES string of the molecule is O=C(N[C@@H]1CCCN(c2nc3ccccc3s2)C1)c1cnc[nH]c1=O. The van der Waals surface area contributed by atoms with Gasteiger partial charge in [-0.05, 0) is 25.0 Å². The maximum atomic E-state index is 12.3. The molecule has 3 aromatic rings. The van der Waals surface area contributed by atoms with Crippen LogP contribution in [0.15, 0.2) is 41.6 Å². The number of hydrogen-bond acceptors (Lipinski definition) is 6. The molecule has 1 atom stereocenters. The highest BCUT2D eigenvalue weighted by Crippen LogP contribution is 2.30. The number of benzene rings is 1. The Morgan fingerprint density at radius 2 is 2.24 bits per heavy atom. The lowest BCUT2D eigenvalue weighted by molar-refractivity contribution is 0.0931. The molecule has 8 heteroatoms. The maximum absolute atomic E-state index is 12.3. The molecule has 2 N–H and O–H groups in total. The van der Waals surface area contributed by atoms with Crippen LogP contribution in [0.4, 0.5) is 5.13 Å². The number of piperidine rings is 1. The van der Waals surface area contributed by atoms with Crippen LogP contribution in [0.3, 0.4) is 0 Å². The van der Waals surface area contributed by atoms with Crippen LogP contribution in [0.5, 0.6) is 0 Å². The molecule has 2 aromatic heterocycles. The summed E-state index contributed by atoms with van der Waals surface area (Å²) >= 11 is 1.66. The highest BCUT2D eigenvalue weighted by atomic mass is 32.1. The first kappa shape index (κ1) is 15.8. The highest BCUT2D eigenvalue weighted by molar-refractivity contribution is 7.22. The molecular weight excluding hydrogens is 338 g/mol. The van der Waals surface area contributed by atoms with E-state index in [0.717, 1.165) is 34.7 Å². The normalized spacial score (nSPS) is 17.6. The van der Waals surface area contributed by atoms with Crippen LogP contribution in [-0.2, 0) is 0 Å². The van der Waals surface area contributed by atoms with Crippen LogP contribution >= 0.6 is 11.3 Å². The maximum Gasteiger partial charge on any atom is 0.263 e. The van der Waals surface area contributed by atoms with Gasteiger partial charge in [-0.15, -0.1) is 0 Å². The average molecular weight is 355 g/mol. The van der Waals surface area contributed by atoms with Gasteiger partial charge in [-0.2, -0.15) is 0 Å². The molecule has 0 unspecified atom stereocenters. The number of carbonyl (C=O) groups excluding carboxylic acids is 1. The van der Waals surface area contributed by atoms with Crippen molar-refractivity contribution in [3.63, 3.8) is 0 Å². The van der Waals surface area contributed by atoms with Crippen LogP contribution < -0.4 is 15.8 Å². The summed E-state index contributed by atoms with van der Waals surface area (Å²) in [6.45, 7) is 1.60. The standard InChI is InChI=1S/C17H17N5O2S/c23-15-12(8-18-10-19-15)16(24)20-11-4-3-7-22(9-11)17-21-13-5-1-2-6-14(13)25-17/h1-2,5-6,8,10-11H,3-4,7,9H2,(H,20,24)(H,18,19,23)/t11-/m1/s1. The van der Waals surface area contributed by atoms with E-state index in [-0.39, 0.29) is 17.5 Å². The van der Waals surface area contributed by atoms with Gasteiger partial charge >= 0.3 is 0 Å². The van der Waals surface area contributed by atoms with E-state index in [4.69, 9.17) is 0 Å². The summed E-state index contributed by atoms with van der Waals surface area (Å²) in [4.78, 5) is 37.2. The average Bonchev–Trinajstić information content (AvgIpc) is 3.06. The number of hydrogen-bond donors (Lipinski definition) is 2. The monoisotopic (exact) mass is 355 g/mol. The Hall–Kier alpha value is -2.74. The summed E-state index contributed by atoms with van der Waals surface area (Å²) in [5.41, 5.74) is 0.613. The number of rotatable bonds is 3. The van der Waals surface area contributed by atoms with Crippen LogP contribution in [0.2, 0.25) is 0 Å². The van der Waals surface area contributed by atoms with Gasteiger partial charge in [0.05, 0.1) is 16.5 Å². The van der Waals surface area contributed by atoms with Crippen molar-refractivity contribution in [1.29, 1.82) is 0 Å². The molecule has 0 bridgehead atoms. The summed E-state index contributed by atoms with van der Waals surface area (Å²) in [7, 11) is 0. The van der Waals surface area contributed by atoms with Gasteiger partial charge in [0.25, 0.3) is 11.5 Å². The van der Waals surface area contributed by atoms with Crippen molar-refractivity contribution in [2.45, 2.75) is 18.9 Å². The quantitative estimate of drug-likeness (QED) is 0.747. The Labute approximate surface area is 147 Å². The Bertz CT molecular complexity index is 934. The molecular formula is C17H17N5O2S. The van der Waals surface area contributed by atoms with Crippen molar-refractivity contribution < 1.29 is 4.79 Å². The molecule has 1 fully saturated rings. The van der Waals surface area contributed by atoms with Gasteiger partial charge in [0, 0.05) is 25.3 Å². The van der Waals surface area contributed by atoms with Crippen molar-refractivity contribution in [2.24, 2.45) is 0 Å². The van der Waals surface area contributed by atoms with E-state index in [1.54, 1.807) is 11.3 Å². The fraction of sp³-hybridized carbons (Fsp3) is 0.294. The second-order valence-electron chi connectivity index (χ2n) is 6.02. The van der Waals surface area contributed by atoms with Gasteiger partial charge in [0.15, 0.2) is 5.13 Å². The number of anilines is 1. The highest BCUT2D eigenvalue weighted by Gasteiger charge is 2.24. The fourth-order valence-corrected chi connectivity index (χ4v) is 4.03. The Balaban J connectivity index is 1.48. The largest absolute Gasteiger partial charge is 0.347 e. The smallest absolute Gasteiger partial charge is 0.263 e. The first-order valence-corrected chi connectivity index (χ1v) is 8.96. The molecule has 1 aromatic carbocycles. The third-order valence-electron chi connectivity index (χ3n) is 4.27. The van der Waals surface area contributed by atoms with Crippen molar-refractivity contribution in [1.82, 2.24) is 20.3 Å². The zero-order valence-corrected chi connectivity index (χ0v) is 14.3. The number of nitrogens with zero attached hydrogens (tertiary/aromatic N) is 3. The van der Waals surface area contributed by atoms with Crippen LogP contribution in [0, 0.1) is 0 Å². The number of nitrogens with one attached hydrogen (secondary N) is 2. The lowest BCUT2D eigenvalue weighted by atomic mass is 10.1. The molecule has 128 valence electrons. The van der Waals surface area contributed by atoms with E-state index in [0.29, 0.717) is 6.54 Å². The molecule has 1 amide bonds. The minimum absolute atomic E-state index is 0.0205. The van der Waals surface area contributed by atoms with E-state index < -0.39 is 5.56 Å². The van der Waals surface area contributed by atoms with E-state index >= 15 is 0 Å². The summed E-state index contributed by atoms with van der Waals surface area (Å²) in [6, 6.07) is 8.04. The van der Waals surface area contributed by atoms with Gasteiger partial charge in [0.2, 0.25) is 0 Å². The Kier molecular flexibility index (Phi) is 4.19. The van der Waals surface area contributed by atoms with E-state index in [1.807, 2.05) is 18.2 Å². The first-order chi connectivity index (χ1) is 12.2. The predicted molar refractivity (Wildman–Crippen MR) is 97.2 cm³/mol. The van der Waals surface area contributed by atoms with E-state index in [9.17, 15) is 9.59 Å². The number of carbonyl (C=O) groups is 1. The van der Waals surface area contributed by atoms with Gasteiger partial charge in [-0.25, -0.2) is 9.97 Å². The van der Waals surface area contributed by atoms with Crippen LogP contribution in [0.1, 0.15) is 23.2 Å². The molecule has 0 saturated carbocycles. The number of H-pyrrole nitrogens is 1. The molecule has 4 rings (SSSR count). The number of thiazole rings is 1. The second-order valence-corrected chi connectivity index (χ2v) is 7.03. The third kappa shape index (κ3) is 3.25. The number of para-hydroxylation sites is 1. The number of aromatic nitrogens is 3. The summed E-state index contributed by atoms with van der Waals surface area (Å²) in [5, 5.41) is 3.92. The molecule has 7 nitrogen and oxygen atoms in total. The molecule has 25 heavy (non-hydrogen) atoms. The predicted octanol–water partition coefficient (Wildman–Crippen LogP) is 1.78. The van der Waals surface area contributed by atoms with Gasteiger partial charge in [-0.1, -0.05) is 23.5 Å². The molecule has 0 radical (unpaired) electrons. The van der Waals surface area contributed by atoms with Crippen molar-refractivity contribution in [3.8, 4) is 0 Å². The third-order valence-corrected chi connectivity index (χ3v) is 5.37. The van der Waals surface area contributed by atoms with Gasteiger partial charge in [-0.3, -0.25) is 9.59 Å². The van der Waals surface area contributed by atoms with Crippen molar-refractivity contribution >= 4 is 32.6 Å². The van der Waals surface area contributed by atoms with Crippen molar-refractivity contribution in [2.75, 3.05) is 18.0 Å². The van der Waals surface area contributed by atoms with Gasteiger partial charge < -0.3 is 15.2 Å². The lowest BCUT2D eigenvalue weighted by Crippen LogP contribution is -2.48. The molecule has 1 aliphatic heterocycles. The Morgan fingerprint density at radius 1 is 1.36 bits per heavy atom. The van der Waals surface area contributed by atoms with E-state index in [1.165, 1.54) is 12.5 Å². The van der Waals surface area contributed by atoms with Gasteiger partial charge in [0.1, 0.15) is 5.56 Å². The molecule has 0 spiro atoms. The molecule has 0 aliphatic carbocycles. The molecule has 3 heterocycles. The summed E-state index contributed by atoms with van der Waals surface area (Å²) in [5.74, 6) is -0.384. The summed E-state index contributed by atoms with van der Waals surface area (Å²) in [6.07, 6.45) is 4.41. The minimum Gasteiger partial charge on any atom is -0.347 e. The van der Waals surface area contributed by atoms with Crippen LogP contribution in [0.25, 0.3) is 10.2 Å². The van der Waals surface area contributed by atoms with E-state index in [2.05, 4.69) is 31.2 Å². The van der Waals surface area contributed by atoms with Crippen molar-refractivity contribution in [3.05, 3.63) is 52.7 Å². The minimum atomic E-state index is -0.425.